The number of ether oxygens (including phenoxy) is 1. The summed E-state index contributed by atoms with van der Waals surface area (Å²) in [4.78, 5) is 0. The van der Waals surface area contributed by atoms with Crippen LogP contribution in [0.15, 0.2) is 42.5 Å². The Morgan fingerprint density at radius 3 is 2.90 bits per heavy atom. The predicted molar refractivity (Wildman–Crippen MR) is 77.0 cm³/mol. The Bertz CT molecular complexity index is 612. The third-order valence-electron chi connectivity index (χ3n) is 3.83. The van der Waals surface area contributed by atoms with Gasteiger partial charge >= 0.3 is 0 Å². The number of nitrogens with two attached hydrogens (primary N) is 1. The lowest BCUT2D eigenvalue weighted by atomic mass is 9.88. The van der Waals surface area contributed by atoms with Crippen molar-refractivity contribution in [1.82, 2.24) is 0 Å². The van der Waals surface area contributed by atoms with Crippen LogP contribution in [-0.2, 0) is 13.0 Å². The fourth-order valence-electron chi connectivity index (χ4n) is 2.68. The van der Waals surface area contributed by atoms with Crippen LogP contribution in [0.1, 0.15) is 35.6 Å². The van der Waals surface area contributed by atoms with Crippen molar-refractivity contribution >= 4 is 0 Å². The Balaban J connectivity index is 1.75. The van der Waals surface area contributed by atoms with E-state index in [0.29, 0.717) is 5.56 Å². The lowest BCUT2D eigenvalue weighted by Gasteiger charge is -2.22. The molecular weight excluding hydrogens is 253 g/mol. The molecule has 0 amide bonds. The van der Waals surface area contributed by atoms with Gasteiger partial charge in [-0.2, -0.15) is 0 Å². The highest BCUT2D eigenvalue weighted by atomic mass is 19.1. The lowest BCUT2D eigenvalue weighted by molar-refractivity contribution is 0.299. The van der Waals surface area contributed by atoms with Crippen molar-refractivity contribution < 1.29 is 9.13 Å². The molecule has 2 N–H and O–H groups in total. The van der Waals surface area contributed by atoms with Gasteiger partial charge in [0.2, 0.25) is 0 Å². The van der Waals surface area contributed by atoms with Crippen molar-refractivity contribution in [3.05, 3.63) is 65.0 Å². The standard InChI is InChI=1S/C17H18FNO/c18-16-6-2-1-4-13(16)11-20-14-9-8-12-5-3-7-17(19)15(12)10-14/h1-2,4,6,8-10,17H,3,5,7,11,19H2/t17-/m0/s1. The van der Waals surface area contributed by atoms with Gasteiger partial charge in [0.15, 0.2) is 0 Å². The molecular formula is C17H18FNO. The molecule has 2 aromatic carbocycles. The molecule has 0 bridgehead atoms. The first-order valence-corrected chi connectivity index (χ1v) is 6.98. The van der Waals surface area contributed by atoms with Gasteiger partial charge in [-0.1, -0.05) is 24.3 Å². The van der Waals surface area contributed by atoms with E-state index in [-0.39, 0.29) is 18.5 Å². The van der Waals surface area contributed by atoms with Gasteiger partial charge in [-0.15, -0.1) is 0 Å². The maximum absolute atomic E-state index is 13.5. The quantitative estimate of drug-likeness (QED) is 0.923. The molecule has 104 valence electrons. The van der Waals surface area contributed by atoms with Gasteiger partial charge in [-0.25, -0.2) is 4.39 Å². The van der Waals surface area contributed by atoms with E-state index in [0.717, 1.165) is 25.0 Å². The minimum Gasteiger partial charge on any atom is -0.489 e. The van der Waals surface area contributed by atoms with Gasteiger partial charge in [0, 0.05) is 11.6 Å². The topological polar surface area (TPSA) is 35.2 Å². The number of halogens is 1. The van der Waals surface area contributed by atoms with E-state index in [1.165, 1.54) is 17.2 Å². The Morgan fingerprint density at radius 2 is 2.05 bits per heavy atom. The molecule has 3 rings (SSSR count). The highest BCUT2D eigenvalue weighted by Crippen LogP contribution is 2.31. The first-order chi connectivity index (χ1) is 9.74. The zero-order valence-electron chi connectivity index (χ0n) is 11.3. The van der Waals surface area contributed by atoms with Crippen molar-refractivity contribution in [3.8, 4) is 5.75 Å². The highest BCUT2D eigenvalue weighted by molar-refractivity contribution is 5.39. The Hall–Kier alpha value is -1.87. The molecule has 0 radical (unpaired) electrons. The number of hydrogen-bond donors (Lipinski definition) is 1. The average Bonchev–Trinajstić information content (AvgIpc) is 2.47. The van der Waals surface area contributed by atoms with Crippen LogP contribution in [0, 0.1) is 5.82 Å². The van der Waals surface area contributed by atoms with E-state index in [2.05, 4.69) is 6.07 Å². The Morgan fingerprint density at radius 1 is 1.20 bits per heavy atom. The lowest BCUT2D eigenvalue weighted by Crippen LogP contribution is -2.17. The van der Waals surface area contributed by atoms with E-state index < -0.39 is 0 Å². The second-order valence-corrected chi connectivity index (χ2v) is 5.24. The molecule has 2 nitrogen and oxygen atoms in total. The van der Waals surface area contributed by atoms with Crippen molar-refractivity contribution in [2.45, 2.75) is 31.9 Å². The maximum atomic E-state index is 13.5. The third-order valence-corrected chi connectivity index (χ3v) is 3.83. The first kappa shape index (κ1) is 13.1. The van der Waals surface area contributed by atoms with Gasteiger partial charge in [-0.3, -0.25) is 0 Å². The SMILES string of the molecule is N[C@H]1CCCc2ccc(OCc3ccccc3F)cc21. The summed E-state index contributed by atoms with van der Waals surface area (Å²) in [5.74, 6) is 0.520. The molecule has 0 saturated carbocycles. The monoisotopic (exact) mass is 271 g/mol. The van der Waals surface area contributed by atoms with Crippen LogP contribution in [0.3, 0.4) is 0 Å². The normalized spacial score (nSPS) is 17.6. The Labute approximate surface area is 118 Å². The van der Waals surface area contributed by atoms with Crippen LogP contribution in [0.25, 0.3) is 0 Å². The van der Waals surface area contributed by atoms with Gasteiger partial charge in [0.1, 0.15) is 18.2 Å². The first-order valence-electron chi connectivity index (χ1n) is 6.98. The summed E-state index contributed by atoms with van der Waals surface area (Å²) in [6.45, 7) is 0.237. The highest BCUT2D eigenvalue weighted by Gasteiger charge is 2.17. The molecule has 0 fully saturated rings. The summed E-state index contributed by atoms with van der Waals surface area (Å²) in [5, 5.41) is 0. The van der Waals surface area contributed by atoms with Gasteiger partial charge in [-0.05, 0) is 48.6 Å². The van der Waals surface area contributed by atoms with Crippen molar-refractivity contribution in [2.24, 2.45) is 5.73 Å². The number of aryl methyl sites for hydroxylation is 1. The summed E-state index contributed by atoms with van der Waals surface area (Å²) < 4.78 is 19.2. The molecule has 0 heterocycles. The smallest absolute Gasteiger partial charge is 0.129 e. The van der Waals surface area contributed by atoms with E-state index in [9.17, 15) is 4.39 Å². The van der Waals surface area contributed by atoms with E-state index in [1.807, 2.05) is 18.2 Å². The van der Waals surface area contributed by atoms with Crippen LogP contribution < -0.4 is 10.5 Å². The van der Waals surface area contributed by atoms with E-state index in [1.54, 1.807) is 12.1 Å². The molecule has 0 saturated heterocycles. The maximum Gasteiger partial charge on any atom is 0.129 e. The summed E-state index contributed by atoms with van der Waals surface area (Å²) in [5.41, 5.74) is 9.17. The minimum absolute atomic E-state index is 0.0933. The fourth-order valence-corrected chi connectivity index (χ4v) is 2.68. The largest absolute Gasteiger partial charge is 0.489 e. The van der Waals surface area contributed by atoms with Crippen molar-refractivity contribution in [1.29, 1.82) is 0 Å². The molecule has 0 aromatic heterocycles. The zero-order chi connectivity index (χ0) is 13.9. The van der Waals surface area contributed by atoms with Gasteiger partial charge in [0.25, 0.3) is 0 Å². The number of benzene rings is 2. The third kappa shape index (κ3) is 2.68. The molecule has 1 aliphatic rings. The molecule has 0 aliphatic heterocycles. The molecule has 2 aromatic rings. The molecule has 1 aliphatic carbocycles. The average molecular weight is 271 g/mol. The molecule has 3 heteroatoms. The number of fused-ring (bicyclic) bond motifs is 1. The number of rotatable bonds is 3. The summed E-state index contributed by atoms with van der Waals surface area (Å²) in [6.07, 6.45) is 3.24. The fraction of sp³-hybridized carbons (Fsp3) is 0.294. The summed E-state index contributed by atoms with van der Waals surface area (Å²) in [7, 11) is 0. The number of hydrogen-bond acceptors (Lipinski definition) is 2. The second kappa shape index (κ2) is 5.63. The van der Waals surface area contributed by atoms with Crippen molar-refractivity contribution in [2.75, 3.05) is 0 Å². The van der Waals surface area contributed by atoms with Crippen LogP contribution in [0.5, 0.6) is 5.75 Å². The Kier molecular flexibility index (Phi) is 3.70. The summed E-state index contributed by atoms with van der Waals surface area (Å²) >= 11 is 0. The van der Waals surface area contributed by atoms with Gasteiger partial charge in [0.05, 0.1) is 0 Å². The van der Waals surface area contributed by atoms with Crippen LogP contribution in [0.2, 0.25) is 0 Å². The van der Waals surface area contributed by atoms with Crippen molar-refractivity contribution in [3.63, 3.8) is 0 Å². The summed E-state index contributed by atoms with van der Waals surface area (Å²) in [6, 6.07) is 12.8. The van der Waals surface area contributed by atoms with E-state index >= 15 is 0 Å². The predicted octanol–water partition coefficient (Wildman–Crippen LogP) is 3.74. The molecule has 1 atom stereocenters. The van der Waals surface area contributed by atoms with Crippen LogP contribution >= 0.6 is 0 Å². The van der Waals surface area contributed by atoms with Crippen LogP contribution in [0.4, 0.5) is 4.39 Å². The van der Waals surface area contributed by atoms with Crippen LogP contribution in [-0.4, -0.2) is 0 Å². The molecule has 0 spiro atoms. The van der Waals surface area contributed by atoms with E-state index in [4.69, 9.17) is 10.5 Å². The molecule has 20 heavy (non-hydrogen) atoms. The minimum atomic E-state index is -0.234. The zero-order valence-corrected chi connectivity index (χ0v) is 11.3. The second-order valence-electron chi connectivity index (χ2n) is 5.24. The van der Waals surface area contributed by atoms with Gasteiger partial charge < -0.3 is 10.5 Å². The molecule has 0 unspecified atom stereocenters.